The van der Waals surface area contributed by atoms with Crippen LogP contribution in [0.3, 0.4) is 0 Å². The molecule has 1 aliphatic rings. The number of aromatic amines is 1. The molecule has 1 aromatic heterocycles. The van der Waals surface area contributed by atoms with Gasteiger partial charge in [-0.25, -0.2) is 4.39 Å². The Morgan fingerprint density at radius 2 is 2.03 bits per heavy atom. The molecule has 36 heavy (non-hydrogen) atoms. The molecule has 190 valence electrons. The van der Waals surface area contributed by atoms with Crippen molar-refractivity contribution in [2.45, 2.75) is 25.0 Å². The highest BCUT2D eigenvalue weighted by Gasteiger charge is 2.32. The van der Waals surface area contributed by atoms with Crippen molar-refractivity contribution in [1.29, 1.82) is 0 Å². The van der Waals surface area contributed by atoms with Gasteiger partial charge in [-0.1, -0.05) is 35.9 Å². The van der Waals surface area contributed by atoms with Crippen LogP contribution < -0.4 is 5.32 Å². The highest BCUT2D eigenvalue weighted by atomic mass is 35.5. The van der Waals surface area contributed by atoms with Crippen LogP contribution in [0, 0.1) is 11.7 Å². The molecule has 11 heteroatoms. The number of likely N-dealkylation sites (tertiary alicyclic amines) is 1. The maximum absolute atomic E-state index is 14.3. The number of benzene rings is 2. The molecule has 1 amide bonds. The molecular formula is C25H27ClFN5O4. The lowest BCUT2D eigenvalue weighted by Gasteiger charge is -2.39. The van der Waals surface area contributed by atoms with Crippen LogP contribution >= 0.6 is 11.6 Å². The molecule has 0 spiro atoms. The predicted molar refractivity (Wildman–Crippen MR) is 131 cm³/mol. The van der Waals surface area contributed by atoms with Crippen LogP contribution in [0.1, 0.15) is 22.5 Å². The van der Waals surface area contributed by atoms with Crippen molar-refractivity contribution in [1.82, 2.24) is 25.6 Å². The van der Waals surface area contributed by atoms with Crippen LogP contribution in [0.5, 0.6) is 0 Å². The molecule has 2 aromatic carbocycles. The third-order valence-corrected chi connectivity index (χ3v) is 6.55. The number of nitrogens with one attached hydrogen (secondary N) is 2. The number of halogens is 2. The highest BCUT2D eigenvalue weighted by molar-refractivity contribution is 6.30. The van der Waals surface area contributed by atoms with Crippen molar-refractivity contribution < 1.29 is 23.8 Å². The third-order valence-electron chi connectivity index (χ3n) is 6.31. The minimum Gasteiger partial charge on any atom is -0.481 e. The summed E-state index contributed by atoms with van der Waals surface area (Å²) < 4.78 is 19.5. The number of methoxy groups -OCH3 is 1. The molecule has 0 unspecified atom stereocenters. The lowest BCUT2D eigenvalue weighted by atomic mass is 9.92. The lowest BCUT2D eigenvalue weighted by Crippen LogP contribution is -2.54. The molecule has 4 rings (SSSR count). The number of carboxylic acids is 1. The smallest absolute Gasteiger partial charge is 0.307 e. The van der Waals surface area contributed by atoms with E-state index in [4.69, 9.17) is 16.3 Å². The number of ether oxygens (including phenoxy) is 1. The summed E-state index contributed by atoms with van der Waals surface area (Å²) in [5, 5.41) is 23.1. The van der Waals surface area contributed by atoms with E-state index in [-0.39, 0.29) is 24.0 Å². The molecule has 9 nitrogen and oxygen atoms in total. The molecule has 3 N–H and O–H groups in total. The van der Waals surface area contributed by atoms with Gasteiger partial charge < -0.3 is 15.2 Å². The second-order valence-corrected chi connectivity index (χ2v) is 9.33. The SMILES string of the molecule is COC1CN(C[C@@H](C[C@@H](Cc2ccc(-c3cc(Cl)ccc3F)cc2)NC(=O)c2cn[nH]n2)C(=O)O)C1. The standard InChI is InChI=1S/C25H27ClFN5O4/c1-36-20-13-32(14-20)12-17(25(34)35)9-19(29-24(33)23-11-28-31-30-23)8-15-2-4-16(5-3-15)21-10-18(26)6-7-22(21)27/h2-7,10-11,17,19-20H,8-9,12-14H2,1H3,(H,29,33)(H,34,35)(H,28,30,31)/t17-,19-/m1/s1. The van der Waals surface area contributed by atoms with E-state index in [9.17, 15) is 19.1 Å². The van der Waals surface area contributed by atoms with Crippen molar-refractivity contribution in [3.05, 3.63) is 70.8 Å². The summed E-state index contributed by atoms with van der Waals surface area (Å²) in [5.41, 5.74) is 2.03. The van der Waals surface area contributed by atoms with E-state index >= 15 is 0 Å². The summed E-state index contributed by atoms with van der Waals surface area (Å²) in [7, 11) is 1.64. The average molecular weight is 516 g/mol. The van der Waals surface area contributed by atoms with Crippen LogP contribution in [0.15, 0.2) is 48.7 Å². The van der Waals surface area contributed by atoms with Crippen molar-refractivity contribution in [2.75, 3.05) is 26.7 Å². The van der Waals surface area contributed by atoms with Gasteiger partial charge in [0.05, 0.1) is 18.2 Å². The molecule has 0 aliphatic carbocycles. The first-order chi connectivity index (χ1) is 17.3. The van der Waals surface area contributed by atoms with E-state index in [1.807, 2.05) is 17.0 Å². The van der Waals surface area contributed by atoms with Crippen molar-refractivity contribution >= 4 is 23.5 Å². The second kappa shape index (κ2) is 11.6. The molecule has 1 saturated heterocycles. The number of carbonyl (C=O) groups excluding carboxylic acids is 1. The van der Waals surface area contributed by atoms with Gasteiger partial charge >= 0.3 is 5.97 Å². The Morgan fingerprint density at radius 1 is 1.28 bits per heavy atom. The summed E-state index contributed by atoms with van der Waals surface area (Å²) in [6.07, 6.45) is 2.02. The average Bonchev–Trinajstić information content (AvgIpc) is 3.37. The minimum atomic E-state index is -0.927. The third kappa shape index (κ3) is 6.45. The number of hydrogen-bond acceptors (Lipinski definition) is 6. The maximum Gasteiger partial charge on any atom is 0.307 e. The normalized spacial score (nSPS) is 15.8. The molecule has 2 heterocycles. The van der Waals surface area contributed by atoms with Gasteiger partial charge in [0.1, 0.15) is 5.82 Å². The number of aromatic nitrogens is 3. The summed E-state index contributed by atoms with van der Waals surface area (Å²) in [6, 6.07) is 11.1. The fraction of sp³-hybridized carbons (Fsp3) is 0.360. The van der Waals surface area contributed by atoms with Crippen molar-refractivity contribution in [3.8, 4) is 11.1 Å². The number of carbonyl (C=O) groups is 2. The van der Waals surface area contributed by atoms with Crippen molar-refractivity contribution in [3.63, 3.8) is 0 Å². The Kier molecular flexibility index (Phi) is 8.29. The number of aliphatic carboxylic acids is 1. The van der Waals surface area contributed by atoms with Crippen LogP contribution in [0.4, 0.5) is 4.39 Å². The number of rotatable bonds is 11. The fourth-order valence-electron chi connectivity index (χ4n) is 4.32. The summed E-state index contributed by atoms with van der Waals surface area (Å²) in [5.74, 6) is -2.44. The van der Waals surface area contributed by atoms with Gasteiger partial charge in [-0.2, -0.15) is 15.4 Å². The van der Waals surface area contributed by atoms with E-state index in [1.54, 1.807) is 25.3 Å². The Hall–Kier alpha value is -3.34. The summed E-state index contributed by atoms with van der Waals surface area (Å²) in [4.78, 5) is 26.7. The second-order valence-electron chi connectivity index (χ2n) is 8.90. The predicted octanol–water partition coefficient (Wildman–Crippen LogP) is 3.03. The van der Waals surface area contributed by atoms with E-state index in [2.05, 4.69) is 20.7 Å². The van der Waals surface area contributed by atoms with Crippen LogP contribution in [-0.4, -0.2) is 76.2 Å². The van der Waals surface area contributed by atoms with Gasteiger partial charge in [0.15, 0.2) is 5.69 Å². The van der Waals surface area contributed by atoms with Gasteiger partial charge in [-0.3, -0.25) is 14.5 Å². The molecule has 3 aromatic rings. The first kappa shape index (κ1) is 25.7. The molecule has 0 saturated carbocycles. The monoisotopic (exact) mass is 515 g/mol. The van der Waals surface area contributed by atoms with E-state index in [0.29, 0.717) is 42.2 Å². The van der Waals surface area contributed by atoms with Crippen LogP contribution in [-0.2, 0) is 16.0 Å². The van der Waals surface area contributed by atoms with Gasteiger partial charge in [0.25, 0.3) is 5.91 Å². The van der Waals surface area contributed by atoms with E-state index < -0.39 is 23.8 Å². The minimum absolute atomic E-state index is 0.115. The molecule has 0 radical (unpaired) electrons. The number of amides is 1. The first-order valence-corrected chi connectivity index (χ1v) is 11.9. The molecule has 1 aliphatic heterocycles. The number of hydrogen-bond donors (Lipinski definition) is 3. The van der Waals surface area contributed by atoms with Gasteiger partial charge in [-0.15, -0.1) is 0 Å². The molecule has 0 bridgehead atoms. The van der Waals surface area contributed by atoms with E-state index in [1.165, 1.54) is 18.3 Å². The quantitative estimate of drug-likeness (QED) is 0.359. The largest absolute Gasteiger partial charge is 0.481 e. The van der Waals surface area contributed by atoms with Gasteiger partial charge in [0, 0.05) is 43.4 Å². The zero-order valence-electron chi connectivity index (χ0n) is 19.7. The Balaban J connectivity index is 1.49. The number of carboxylic acid groups (broad SMARTS) is 1. The van der Waals surface area contributed by atoms with Crippen LogP contribution in [0.2, 0.25) is 5.02 Å². The number of nitrogens with zero attached hydrogens (tertiary/aromatic N) is 3. The molecule has 1 fully saturated rings. The first-order valence-electron chi connectivity index (χ1n) is 11.5. The highest BCUT2D eigenvalue weighted by Crippen LogP contribution is 2.27. The Labute approximate surface area is 212 Å². The molecular weight excluding hydrogens is 489 g/mol. The lowest BCUT2D eigenvalue weighted by molar-refractivity contribution is -0.144. The zero-order chi connectivity index (χ0) is 25.7. The fourth-order valence-corrected chi connectivity index (χ4v) is 4.49. The topological polar surface area (TPSA) is 120 Å². The number of H-pyrrole nitrogens is 1. The summed E-state index contributed by atoms with van der Waals surface area (Å²) in [6.45, 7) is 1.72. The van der Waals surface area contributed by atoms with Crippen molar-refractivity contribution in [2.24, 2.45) is 5.92 Å². The van der Waals surface area contributed by atoms with E-state index in [0.717, 1.165) is 5.56 Å². The summed E-state index contributed by atoms with van der Waals surface area (Å²) >= 11 is 6.02. The van der Waals surface area contributed by atoms with Gasteiger partial charge in [0.2, 0.25) is 0 Å². The van der Waals surface area contributed by atoms with Crippen LogP contribution in [0.25, 0.3) is 11.1 Å². The zero-order valence-corrected chi connectivity index (χ0v) is 20.4. The Morgan fingerprint density at radius 3 is 2.67 bits per heavy atom. The Bertz CT molecular complexity index is 1190. The van der Waals surface area contributed by atoms with Gasteiger partial charge in [-0.05, 0) is 42.2 Å². The molecule has 2 atom stereocenters. The maximum atomic E-state index is 14.3.